The standard InChI is InChI=1S/C11H10O.CH2O/c1-12-11-8-4-6-9-5-2-3-7-10(9)11;1-2/h2-8H,1H3;1H2. The van der Waals surface area contributed by atoms with Crippen molar-refractivity contribution in [2.24, 2.45) is 0 Å². The van der Waals surface area contributed by atoms with Gasteiger partial charge < -0.3 is 9.53 Å². The van der Waals surface area contributed by atoms with E-state index in [1.807, 2.05) is 31.1 Å². The van der Waals surface area contributed by atoms with E-state index in [0.29, 0.717) is 0 Å². The van der Waals surface area contributed by atoms with Crippen molar-refractivity contribution in [2.75, 3.05) is 7.11 Å². The Hall–Kier alpha value is -1.83. The van der Waals surface area contributed by atoms with Crippen molar-refractivity contribution in [3.05, 3.63) is 42.5 Å². The highest BCUT2D eigenvalue weighted by molar-refractivity contribution is 5.88. The minimum absolute atomic E-state index is 0.938. The zero-order valence-electron chi connectivity index (χ0n) is 8.07. The van der Waals surface area contributed by atoms with Crippen molar-refractivity contribution in [1.82, 2.24) is 0 Å². The van der Waals surface area contributed by atoms with Crippen LogP contribution in [0.1, 0.15) is 0 Å². The Morgan fingerprint density at radius 2 is 1.64 bits per heavy atom. The van der Waals surface area contributed by atoms with Gasteiger partial charge >= 0.3 is 0 Å². The van der Waals surface area contributed by atoms with Crippen molar-refractivity contribution in [1.29, 1.82) is 0 Å². The van der Waals surface area contributed by atoms with Crippen LogP contribution in [0.25, 0.3) is 10.8 Å². The third-order valence-electron chi connectivity index (χ3n) is 1.97. The molecule has 0 amide bonds. The highest BCUT2D eigenvalue weighted by Crippen LogP contribution is 2.24. The summed E-state index contributed by atoms with van der Waals surface area (Å²) in [5, 5.41) is 2.39. The van der Waals surface area contributed by atoms with Gasteiger partial charge in [-0.2, -0.15) is 0 Å². The molecule has 0 aliphatic carbocycles. The molecule has 0 spiro atoms. The maximum Gasteiger partial charge on any atom is 0.126 e. The Morgan fingerprint density at radius 1 is 1.00 bits per heavy atom. The molecule has 0 aromatic heterocycles. The number of fused-ring (bicyclic) bond motifs is 1. The second-order valence-corrected chi connectivity index (χ2v) is 2.68. The molecule has 2 rings (SSSR count). The summed E-state index contributed by atoms with van der Waals surface area (Å²) in [5.41, 5.74) is 0. The average molecular weight is 188 g/mol. The molecular formula is C12H12O2. The van der Waals surface area contributed by atoms with Crippen LogP contribution in [0.3, 0.4) is 0 Å². The van der Waals surface area contributed by atoms with Gasteiger partial charge in [-0.15, -0.1) is 0 Å². The van der Waals surface area contributed by atoms with Crippen LogP contribution in [0.4, 0.5) is 0 Å². The molecule has 2 heteroatoms. The predicted molar refractivity (Wildman–Crippen MR) is 57.6 cm³/mol. The van der Waals surface area contributed by atoms with Gasteiger partial charge in [-0.25, -0.2) is 0 Å². The molecule has 0 aliphatic heterocycles. The van der Waals surface area contributed by atoms with Gasteiger partial charge in [-0.3, -0.25) is 0 Å². The lowest BCUT2D eigenvalue weighted by molar-refractivity contribution is -0.0979. The molecular weight excluding hydrogens is 176 g/mol. The lowest BCUT2D eigenvalue weighted by Gasteiger charge is -2.03. The first-order valence-electron chi connectivity index (χ1n) is 4.22. The monoisotopic (exact) mass is 188 g/mol. The van der Waals surface area contributed by atoms with Gasteiger partial charge in [0.05, 0.1) is 7.11 Å². The van der Waals surface area contributed by atoms with Crippen LogP contribution in [0.15, 0.2) is 42.5 Å². The zero-order valence-corrected chi connectivity index (χ0v) is 8.07. The second kappa shape index (κ2) is 5.02. The summed E-state index contributed by atoms with van der Waals surface area (Å²) in [4.78, 5) is 8.00. The van der Waals surface area contributed by atoms with Crippen molar-refractivity contribution in [2.45, 2.75) is 0 Å². The summed E-state index contributed by atoms with van der Waals surface area (Å²) in [7, 11) is 1.70. The smallest absolute Gasteiger partial charge is 0.126 e. The molecule has 2 aromatic carbocycles. The van der Waals surface area contributed by atoms with Crippen LogP contribution in [0.5, 0.6) is 5.75 Å². The molecule has 14 heavy (non-hydrogen) atoms. The van der Waals surface area contributed by atoms with Crippen molar-refractivity contribution in [3.8, 4) is 5.75 Å². The van der Waals surface area contributed by atoms with E-state index in [4.69, 9.17) is 9.53 Å². The average Bonchev–Trinajstić information content (AvgIpc) is 2.31. The van der Waals surface area contributed by atoms with Crippen molar-refractivity contribution >= 4 is 17.6 Å². The van der Waals surface area contributed by atoms with Gasteiger partial charge in [0.1, 0.15) is 12.5 Å². The van der Waals surface area contributed by atoms with Gasteiger partial charge in [-0.05, 0) is 11.5 Å². The van der Waals surface area contributed by atoms with Gasteiger partial charge in [0, 0.05) is 5.39 Å². The first-order valence-corrected chi connectivity index (χ1v) is 4.22. The Balaban J connectivity index is 0.000000461. The van der Waals surface area contributed by atoms with Gasteiger partial charge in [0.15, 0.2) is 0 Å². The summed E-state index contributed by atoms with van der Waals surface area (Å²) in [6.45, 7) is 2.00. The molecule has 0 heterocycles. The topological polar surface area (TPSA) is 26.3 Å². The third kappa shape index (κ3) is 1.91. The Morgan fingerprint density at radius 3 is 2.36 bits per heavy atom. The first-order chi connectivity index (χ1) is 6.92. The fraction of sp³-hybridized carbons (Fsp3) is 0.0833. The fourth-order valence-electron chi connectivity index (χ4n) is 1.37. The molecule has 0 atom stereocenters. The quantitative estimate of drug-likeness (QED) is 0.687. The summed E-state index contributed by atoms with van der Waals surface area (Å²) < 4.78 is 5.23. The van der Waals surface area contributed by atoms with E-state index in [2.05, 4.69) is 18.2 Å². The molecule has 0 N–H and O–H groups in total. The van der Waals surface area contributed by atoms with E-state index in [0.717, 1.165) is 5.75 Å². The van der Waals surface area contributed by atoms with Crippen molar-refractivity contribution < 1.29 is 9.53 Å². The van der Waals surface area contributed by atoms with Crippen LogP contribution in [0.2, 0.25) is 0 Å². The number of methoxy groups -OCH3 is 1. The Labute approximate surface area is 83.1 Å². The van der Waals surface area contributed by atoms with E-state index in [9.17, 15) is 0 Å². The number of hydrogen-bond donors (Lipinski definition) is 0. The third-order valence-corrected chi connectivity index (χ3v) is 1.97. The van der Waals surface area contributed by atoms with Crippen LogP contribution in [-0.2, 0) is 4.79 Å². The molecule has 0 aliphatic rings. The molecule has 72 valence electrons. The SMILES string of the molecule is C=O.COc1cccc2ccccc12. The normalized spacial score (nSPS) is 8.93. The van der Waals surface area contributed by atoms with E-state index in [1.54, 1.807) is 7.11 Å². The number of ether oxygens (including phenoxy) is 1. The first kappa shape index (κ1) is 10.3. The Kier molecular flexibility index (Phi) is 3.68. The number of carbonyl (C=O) groups is 1. The molecule has 0 bridgehead atoms. The predicted octanol–water partition coefficient (Wildman–Crippen LogP) is 2.66. The van der Waals surface area contributed by atoms with Crippen LogP contribution in [0, 0.1) is 0 Å². The molecule has 0 saturated heterocycles. The van der Waals surface area contributed by atoms with Crippen LogP contribution < -0.4 is 4.74 Å². The lowest BCUT2D eigenvalue weighted by atomic mass is 10.1. The largest absolute Gasteiger partial charge is 0.496 e. The van der Waals surface area contributed by atoms with Crippen molar-refractivity contribution in [3.63, 3.8) is 0 Å². The van der Waals surface area contributed by atoms with Gasteiger partial charge in [-0.1, -0.05) is 36.4 Å². The molecule has 2 nitrogen and oxygen atoms in total. The molecule has 2 aromatic rings. The number of rotatable bonds is 1. The van der Waals surface area contributed by atoms with Gasteiger partial charge in [0.25, 0.3) is 0 Å². The Bertz CT molecular complexity index is 404. The highest BCUT2D eigenvalue weighted by Gasteiger charge is 1.96. The molecule has 0 radical (unpaired) electrons. The number of carbonyl (C=O) groups excluding carboxylic acids is 1. The summed E-state index contributed by atoms with van der Waals surface area (Å²) in [6, 6.07) is 14.2. The molecule has 0 fully saturated rings. The minimum atomic E-state index is 0.938. The summed E-state index contributed by atoms with van der Waals surface area (Å²) in [5.74, 6) is 0.938. The molecule has 0 unspecified atom stereocenters. The molecule has 0 saturated carbocycles. The fourth-order valence-corrected chi connectivity index (χ4v) is 1.37. The van der Waals surface area contributed by atoms with E-state index >= 15 is 0 Å². The summed E-state index contributed by atoms with van der Waals surface area (Å²) >= 11 is 0. The van der Waals surface area contributed by atoms with Gasteiger partial charge in [0.2, 0.25) is 0 Å². The van der Waals surface area contributed by atoms with E-state index in [-0.39, 0.29) is 0 Å². The van der Waals surface area contributed by atoms with E-state index in [1.165, 1.54) is 10.8 Å². The zero-order chi connectivity index (χ0) is 10.4. The van der Waals surface area contributed by atoms with Crippen LogP contribution >= 0.6 is 0 Å². The minimum Gasteiger partial charge on any atom is -0.496 e. The maximum absolute atomic E-state index is 8.00. The van der Waals surface area contributed by atoms with Crippen LogP contribution in [-0.4, -0.2) is 13.9 Å². The second-order valence-electron chi connectivity index (χ2n) is 2.68. The maximum atomic E-state index is 8.00. The highest BCUT2D eigenvalue weighted by atomic mass is 16.5. The lowest BCUT2D eigenvalue weighted by Crippen LogP contribution is -1.83. The van der Waals surface area contributed by atoms with E-state index < -0.39 is 0 Å². The number of benzene rings is 2. The summed E-state index contributed by atoms with van der Waals surface area (Å²) in [6.07, 6.45) is 0. The number of hydrogen-bond acceptors (Lipinski definition) is 2.